The molecule has 0 N–H and O–H groups in total. The van der Waals surface area contributed by atoms with Crippen molar-refractivity contribution in [2.24, 2.45) is 0 Å². The molecule has 0 aliphatic rings. The Morgan fingerprint density at radius 2 is 1.72 bits per heavy atom. The van der Waals surface area contributed by atoms with Crippen LogP contribution in [-0.2, 0) is 22.5 Å². The van der Waals surface area contributed by atoms with E-state index in [0.717, 1.165) is 18.5 Å². The molecule has 0 aliphatic heterocycles. The van der Waals surface area contributed by atoms with E-state index in [1.54, 1.807) is 6.33 Å². The number of unbranched alkanes of at least 4 members (excludes halogenated alkanes) is 5. The second-order valence-corrected chi connectivity index (χ2v) is 7.90. The summed E-state index contributed by atoms with van der Waals surface area (Å²) in [5.74, 6) is 0.459. The van der Waals surface area contributed by atoms with E-state index < -0.39 is 0 Å². The average Bonchev–Trinajstić information content (AvgIpc) is 3.17. The monoisotopic (exact) mass is 398 g/mol. The maximum atomic E-state index is 11.6. The van der Waals surface area contributed by atoms with Gasteiger partial charge in [-0.3, -0.25) is 4.79 Å². The SMILES string of the molecule is CCCCCCCC(CCCCc1cn(CC(=O)OCC)cn1)c1ccccc1. The number of benzene rings is 1. The fraction of sp³-hybridized carbons (Fsp3) is 0.600. The number of nitrogens with zero attached hydrogens (tertiary/aromatic N) is 2. The van der Waals surface area contributed by atoms with Crippen LogP contribution >= 0.6 is 0 Å². The van der Waals surface area contributed by atoms with Gasteiger partial charge in [0.05, 0.1) is 18.6 Å². The van der Waals surface area contributed by atoms with Gasteiger partial charge in [-0.05, 0) is 44.1 Å². The molecule has 1 aromatic heterocycles. The molecule has 2 aromatic rings. The first-order valence-corrected chi connectivity index (χ1v) is 11.4. The van der Waals surface area contributed by atoms with Crippen molar-refractivity contribution < 1.29 is 9.53 Å². The molecule has 0 bridgehead atoms. The number of rotatable bonds is 15. The smallest absolute Gasteiger partial charge is 0.325 e. The maximum absolute atomic E-state index is 11.6. The first-order chi connectivity index (χ1) is 14.2. The Morgan fingerprint density at radius 3 is 2.45 bits per heavy atom. The second kappa shape index (κ2) is 14.0. The normalized spacial score (nSPS) is 12.1. The van der Waals surface area contributed by atoms with Gasteiger partial charge in [-0.2, -0.15) is 0 Å². The zero-order valence-corrected chi connectivity index (χ0v) is 18.3. The van der Waals surface area contributed by atoms with Crippen LogP contribution in [0, 0.1) is 0 Å². The summed E-state index contributed by atoms with van der Waals surface area (Å²) in [7, 11) is 0. The molecule has 0 radical (unpaired) electrons. The van der Waals surface area contributed by atoms with Crippen LogP contribution in [0.15, 0.2) is 42.9 Å². The quantitative estimate of drug-likeness (QED) is 0.261. The van der Waals surface area contributed by atoms with E-state index in [2.05, 4.69) is 42.2 Å². The molecule has 1 heterocycles. The third-order valence-corrected chi connectivity index (χ3v) is 5.47. The van der Waals surface area contributed by atoms with Gasteiger partial charge in [-0.1, -0.05) is 75.8 Å². The van der Waals surface area contributed by atoms with Gasteiger partial charge >= 0.3 is 5.97 Å². The maximum Gasteiger partial charge on any atom is 0.325 e. The van der Waals surface area contributed by atoms with Crippen LogP contribution in [0.4, 0.5) is 0 Å². The number of carbonyl (C=O) groups excluding carboxylic acids is 1. The van der Waals surface area contributed by atoms with Crippen molar-refractivity contribution in [2.75, 3.05) is 6.61 Å². The van der Waals surface area contributed by atoms with Crippen molar-refractivity contribution in [3.63, 3.8) is 0 Å². The molecule has 0 aliphatic carbocycles. The fourth-order valence-corrected chi connectivity index (χ4v) is 3.87. The van der Waals surface area contributed by atoms with E-state index in [0.29, 0.717) is 12.5 Å². The van der Waals surface area contributed by atoms with Crippen molar-refractivity contribution in [1.82, 2.24) is 9.55 Å². The van der Waals surface area contributed by atoms with E-state index in [-0.39, 0.29) is 12.5 Å². The van der Waals surface area contributed by atoms with Crippen LogP contribution in [0.5, 0.6) is 0 Å². The topological polar surface area (TPSA) is 44.1 Å². The lowest BCUT2D eigenvalue weighted by Gasteiger charge is -2.17. The lowest BCUT2D eigenvalue weighted by molar-refractivity contribution is -0.143. The summed E-state index contributed by atoms with van der Waals surface area (Å²) >= 11 is 0. The highest BCUT2D eigenvalue weighted by atomic mass is 16.5. The molecule has 4 nitrogen and oxygen atoms in total. The van der Waals surface area contributed by atoms with Crippen LogP contribution in [0.25, 0.3) is 0 Å². The minimum Gasteiger partial charge on any atom is -0.465 e. The van der Waals surface area contributed by atoms with Gasteiger partial charge in [-0.15, -0.1) is 0 Å². The number of hydrogen-bond donors (Lipinski definition) is 0. The van der Waals surface area contributed by atoms with Crippen LogP contribution in [0.1, 0.15) is 88.8 Å². The Morgan fingerprint density at radius 1 is 1.00 bits per heavy atom. The number of aryl methyl sites for hydroxylation is 1. The van der Waals surface area contributed by atoms with Crippen LogP contribution in [0.2, 0.25) is 0 Å². The van der Waals surface area contributed by atoms with E-state index in [9.17, 15) is 4.79 Å². The molecular weight excluding hydrogens is 360 g/mol. The number of ether oxygens (including phenoxy) is 1. The van der Waals surface area contributed by atoms with Gasteiger partial charge in [0.25, 0.3) is 0 Å². The summed E-state index contributed by atoms with van der Waals surface area (Å²) < 4.78 is 6.80. The number of aromatic nitrogens is 2. The first-order valence-electron chi connectivity index (χ1n) is 11.4. The number of hydrogen-bond acceptors (Lipinski definition) is 3. The summed E-state index contributed by atoms with van der Waals surface area (Å²) in [6.07, 6.45) is 16.3. The Bertz CT molecular complexity index is 681. The summed E-state index contributed by atoms with van der Waals surface area (Å²) in [6, 6.07) is 11.0. The summed E-state index contributed by atoms with van der Waals surface area (Å²) in [4.78, 5) is 16.0. The van der Waals surface area contributed by atoms with Crippen molar-refractivity contribution >= 4 is 5.97 Å². The predicted octanol–water partition coefficient (Wildman–Crippen LogP) is 6.30. The van der Waals surface area contributed by atoms with E-state index in [1.807, 2.05) is 17.7 Å². The highest BCUT2D eigenvalue weighted by Gasteiger charge is 2.11. The molecule has 0 fully saturated rings. The molecule has 1 atom stereocenters. The molecular formula is C25H38N2O2. The van der Waals surface area contributed by atoms with Gasteiger partial charge in [0.15, 0.2) is 0 Å². The van der Waals surface area contributed by atoms with Crippen molar-refractivity contribution in [3.05, 3.63) is 54.1 Å². The molecule has 0 saturated heterocycles. The van der Waals surface area contributed by atoms with Crippen LogP contribution in [-0.4, -0.2) is 22.1 Å². The predicted molar refractivity (Wildman–Crippen MR) is 119 cm³/mol. The standard InChI is InChI=1S/C25H38N2O2/c1-3-5-6-7-9-14-23(22-15-10-8-11-16-22)17-12-13-18-24-19-27(21-26-24)20-25(28)29-4-2/h8,10-11,15-16,19,21,23H,3-7,9,12-14,17-18,20H2,1-2H3. The molecule has 160 valence electrons. The van der Waals surface area contributed by atoms with E-state index in [4.69, 9.17) is 4.74 Å². The van der Waals surface area contributed by atoms with Crippen molar-refractivity contribution in [3.8, 4) is 0 Å². The molecule has 1 unspecified atom stereocenters. The van der Waals surface area contributed by atoms with E-state index in [1.165, 1.54) is 56.9 Å². The highest BCUT2D eigenvalue weighted by Crippen LogP contribution is 2.28. The largest absolute Gasteiger partial charge is 0.465 e. The van der Waals surface area contributed by atoms with Crippen molar-refractivity contribution in [2.45, 2.75) is 90.5 Å². The molecule has 4 heteroatoms. The molecule has 0 saturated carbocycles. The van der Waals surface area contributed by atoms with Gasteiger partial charge in [0, 0.05) is 6.20 Å². The fourth-order valence-electron chi connectivity index (χ4n) is 3.87. The Balaban J connectivity index is 1.74. The Labute approximate surface area is 176 Å². The number of carbonyl (C=O) groups is 1. The zero-order valence-electron chi connectivity index (χ0n) is 18.3. The summed E-state index contributed by atoms with van der Waals surface area (Å²) in [5.41, 5.74) is 2.55. The minimum atomic E-state index is -0.207. The lowest BCUT2D eigenvalue weighted by atomic mass is 9.88. The van der Waals surface area contributed by atoms with Gasteiger partial charge in [0.2, 0.25) is 0 Å². The zero-order chi connectivity index (χ0) is 20.7. The summed E-state index contributed by atoms with van der Waals surface area (Å²) in [5, 5.41) is 0. The van der Waals surface area contributed by atoms with E-state index >= 15 is 0 Å². The van der Waals surface area contributed by atoms with Crippen molar-refractivity contribution in [1.29, 1.82) is 0 Å². The lowest BCUT2D eigenvalue weighted by Crippen LogP contribution is -2.11. The van der Waals surface area contributed by atoms with Gasteiger partial charge in [0.1, 0.15) is 6.54 Å². The summed E-state index contributed by atoms with van der Waals surface area (Å²) in [6.45, 7) is 4.76. The molecule has 2 rings (SSSR count). The van der Waals surface area contributed by atoms with Gasteiger partial charge in [-0.25, -0.2) is 4.98 Å². The highest BCUT2D eigenvalue weighted by molar-refractivity contribution is 5.69. The molecule has 0 spiro atoms. The third kappa shape index (κ3) is 9.29. The second-order valence-electron chi connectivity index (χ2n) is 7.90. The minimum absolute atomic E-state index is 0.207. The average molecular weight is 399 g/mol. The Kier molecular flexibility index (Phi) is 11.2. The molecule has 29 heavy (non-hydrogen) atoms. The Hall–Kier alpha value is -2.10. The number of imidazole rings is 1. The number of esters is 1. The third-order valence-electron chi connectivity index (χ3n) is 5.47. The van der Waals surface area contributed by atoms with Gasteiger partial charge < -0.3 is 9.30 Å². The molecule has 1 aromatic carbocycles. The molecule has 0 amide bonds. The van der Waals surface area contributed by atoms with Crippen LogP contribution < -0.4 is 0 Å². The van der Waals surface area contributed by atoms with Crippen LogP contribution in [0.3, 0.4) is 0 Å². The first kappa shape index (κ1) is 23.2.